The Bertz CT molecular complexity index is 53.5. The molecule has 1 nitrogen and oxygen atoms in total. The van der Waals surface area contributed by atoms with Crippen LogP contribution in [0.15, 0.2) is 0 Å². The molecule has 0 aromatic heterocycles. The maximum absolute atomic E-state index is 8.37. The molecule has 0 aromatic carbocycles. The van der Waals surface area contributed by atoms with Crippen LogP contribution in [0, 0.1) is 5.92 Å². The highest BCUT2D eigenvalue weighted by Crippen LogP contribution is 2.37. The predicted molar refractivity (Wildman–Crippen MR) is 33.0 cm³/mol. The van der Waals surface area contributed by atoms with Crippen LogP contribution >= 0.6 is 22.6 Å². The fourth-order valence-electron chi connectivity index (χ4n) is 0.400. The molecule has 0 aromatic rings. The average Bonchev–Trinajstić information content (AvgIpc) is 2.19. The molecule has 0 aliphatic heterocycles. The number of aliphatic hydroxyl groups excluding tert-OH is 1. The summed E-state index contributed by atoms with van der Waals surface area (Å²) in [7, 11) is 0. The number of hydrogen-bond donors (Lipinski definition) is 1. The Labute approximate surface area is 50.9 Å². The van der Waals surface area contributed by atoms with E-state index in [0.717, 1.165) is 3.92 Å². The Morgan fingerprint density at radius 3 is 2.33 bits per heavy atom. The van der Waals surface area contributed by atoms with Gasteiger partial charge in [0.1, 0.15) is 0 Å². The van der Waals surface area contributed by atoms with Crippen LogP contribution in [-0.4, -0.2) is 15.6 Å². The molecule has 1 saturated carbocycles. The smallest absolute Gasteiger partial charge is 0.0469 e. The summed E-state index contributed by atoms with van der Waals surface area (Å²) >= 11 is 2.36. The Morgan fingerprint density at radius 1 is 1.83 bits per heavy atom. The molecule has 2 atom stereocenters. The van der Waals surface area contributed by atoms with E-state index in [9.17, 15) is 0 Å². The van der Waals surface area contributed by atoms with Gasteiger partial charge < -0.3 is 5.11 Å². The summed E-state index contributed by atoms with van der Waals surface area (Å²) in [5.41, 5.74) is 0. The van der Waals surface area contributed by atoms with Gasteiger partial charge in [0.2, 0.25) is 0 Å². The molecule has 0 spiro atoms. The second kappa shape index (κ2) is 1.66. The van der Waals surface area contributed by atoms with E-state index in [1.807, 2.05) is 0 Å². The Hall–Kier alpha value is 0.690. The summed E-state index contributed by atoms with van der Waals surface area (Å²) in [6, 6.07) is 0. The van der Waals surface area contributed by atoms with Gasteiger partial charge in [0.25, 0.3) is 0 Å². The molecule has 0 heterocycles. The van der Waals surface area contributed by atoms with E-state index in [0.29, 0.717) is 12.5 Å². The van der Waals surface area contributed by atoms with Crippen molar-refractivity contribution in [1.29, 1.82) is 0 Å². The highest BCUT2D eigenvalue weighted by molar-refractivity contribution is 14.1. The molecule has 1 fully saturated rings. The summed E-state index contributed by atoms with van der Waals surface area (Å²) in [5.74, 6) is 0.644. The van der Waals surface area contributed by atoms with E-state index < -0.39 is 0 Å². The highest BCUT2D eigenvalue weighted by atomic mass is 127. The molecule has 1 aliphatic rings. The van der Waals surface area contributed by atoms with Gasteiger partial charge in [0.15, 0.2) is 0 Å². The minimum absolute atomic E-state index is 0.396. The summed E-state index contributed by atoms with van der Waals surface area (Å²) in [5, 5.41) is 8.37. The molecular weight excluding hydrogens is 191 g/mol. The van der Waals surface area contributed by atoms with Crippen LogP contribution in [0.25, 0.3) is 0 Å². The molecule has 1 aliphatic carbocycles. The SMILES string of the molecule is OCC1C[C@H]1I. The van der Waals surface area contributed by atoms with Crippen LogP contribution < -0.4 is 0 Å². The number of rotatable bonds is 1. The third kappa shape index (κ3) is 0.846. The highest BCUT2D eigenvalue weighted by Gasteiger charge is 2.33. The molecule has 0 radical (unpaired) electrons. The summed E-state index contributed by atoms with van der Waals surface area (Å²) in [6.45, 7) is 0.396. The molecule has 0 bridgehead atoms. The monoisotopic (exact) mass is 198 g/mol. The normalized spacial score (nSPS) is 43.0. The maximum atomic E-state index is 8.37. The van der Waals surface area contributed by atoms with Crippen molar-refractivity contribution in [3.05, 3.63) is 0 Å². The number of halogens is 1. The summed E-state index contributed by atoms with van der Waals surface area (Å²) < 4.78 is 0.785. The van der Waals surface area contributed by atoms with E-state index in [4.69, 9.17) is 5.11 Å². The van der Waals surface area contributed by atoms with Gasteiger partial charge in [-0.2, -0.15) is 0 Å². The number of hydrogen-bond acceptors (Lipinski definition) is 1. The van der Waals surface area contributed by atoms with Crippen molar-refractivity contribution in [2.75, 3.05) is 6.61 Å². The van der Waals surface area contributed by atoms with Crippen molar-refractivity contribution in [2.24, 2.45) is 5.92 Å². The zero-order valence-corrected chi connectivity index (χ0v) is 5.55. The van der Waals surface area contributed by atoms with Crippen LogP contribution in [0.4, 0.5) is 0 Å². The lowest BCUT2D eigenvalue weighted by atomic mass is 10.5. The molecule has 1 N–H and O–H groups in total. The van der Waals surface area contributed by atoms with Gasteiger partial charge in [-0.05, 0) is 12.3 Å². The summed E-state index contributed by atoms with van der Waals surface area (Å²) in [4.78, 5) is 0. The quantitative estimate of drug-likeness (QED) is 0.488. The van der Waals surface area contributed by atoms with Gasteiger partial charge in [-0.1, -0.05) is 22.6 Å². The fraction of sp³-hybridized carbons (Fsp3) is 1.00. The second-order valence-electron chi connectivity index (χ2n) is 1.69. The first kappa shape index (κ1) is 4.84. The average molecular weight is 198 g/mol. The van der Waals surface area contributed by atoms with Crippen LogP contribution in [0.1, 0.15) is 6.42 Å². The van der Waals surface area contributed by atoms with E-state index in [2.05, 4.69) is 22.6 Å². The van der Waals surface area contributed by atoms with Crippen LogP contribution in [0.5, 0.6) is 0 Å². The fourth-order valence-corrected chi connectivity index (χ4v) is 1.28. The first-order chi connectivity index (χ1) is 2.84. The van der Waals surface area contributed by atoms with Crippen molar-refractivity contribution < 1.29 is 5.11 Å². The van der Waals surface area contributed by atoms with Crippen LogP contribution in [-0.2, 0) is 0 Å². The second-order valence-corrected chi connectivity index (χ2v) is 3.29. The Balaban J connectivity index is 2.09. The van der Waals surface area contributed by atoms with Gasteiger partial charge in [0, 0.05) is 10.5 Å². The van der Waals surface area contributed by atoms with Crippen molar-refractivity contribution in [3.8, 4) is 0 Å². The standard InChI is InChI=1S/C4H7IO/c5-4-1-3(4)2-6/h3-4,6H,1-2H2/t3?,4-/m1/s1. The largest absolute Gasteiger partial charge is 0.396 e. The van der Waals surface area contributed by atoms with Crippen molar-refractivity contribution in [2.45, 2.75) is 10.3 Å². The van der Waals surface area contributed by atoms with E-state index in [1.54, 1.807) is 0 Å². The molecule has 0 amide bonds. The van der Waals surface area contributed by atoms with Crippen molar-refractivity contribution in [3.63, 3.8) is 0 Å². The topological polar surface area (TPSA) is 20.2 Å². The van der Waals surface area contributed by atoms with Crippen molar-refractivity contribution in [1.82, 2.24) is 0 Å². The molecule has 1 unspecified atom stereocenters. The predicted octanol–water partition coefficient (Wildman–Crippen LogP) is 0.802. The molecule has 0 saturated heterocycles. The van der Waals surface area contributed by atoms with E-state index in [1.165, 1.54) is 6.42 Å². The van der Waals surface area contributed by atoms with Crippen molar-refractivity contribution >= 4 is 22.6 Å². The Kier molecular flexibility index (Phi) is 1.34. The minimum Gasteiger partial charge on any atom is -0.396 e. The van der Waals surface area contributed by atoms with Gasteiger partial charge in [0.05, 0.1) is 0 Å². The summed E-state index contributed by atoms with van der Waals surface area (Å²) in [6.07, 6.45) is 1.23. The zero-order valence-electron chi connectivity index (χ0n) is 3.39. The molecule has 1 rings (SSSR count). The first-order valence-corrected chi connectivity index (χ1v) is 3.34. The molecule has 6 heavy (non-hydrogen) atoms. The lowest BCUT2D eigenvalue weighted by Gasteiger charge is -1.78. The van der Waals surface area contributed by atoms with Gasteiger partial charge >= 0.3 is 0 Å². The van der Waals surface area contributed by atoms with E-state index >= 15 is 0 Å². The number of alkyl halides is 1. The first-order valence-electron chi connectivity index (χ1n) is 2.09. The third-order valence-electron chi connectivity index (χ3n) is 1.07. The van der Waals surface area contributed by atoms with E-state index in [-0.39, 0.29) is 0 Å². The van der Waals surface area contributed by atoms with Gasteiger partial charge in [-0.25, -0.2) is 0 Å². The zero-order chi connectivity index (χ0) is 4.57. The minimum atomic E-state index is 0.396. The van der Waals surface area contributed by atoms with Gasteiger partial charge in [-0.3, -0.25) is 0 Å². The molecule has 2 heteroatoms. The van der Waals surface area contributed by atoms with Crippen LogP contribution in [0.3, 0.4) is 0 Å². The number of aliphatic hydroxyl groups is 1. The lowest BCUT2D eigenvalue weighted by molar-refractivity contribution is 0.278. The van der Waals surface area contributed by atoms with Gasteiger partial charge in [-0.15, -0.1) is 0 Å². The lowest BCUT2D eigenvalue weighted by Crippen LogP contribution is -1.84. The van der Waals surface area contributed by atoms with Crippen LogP contribution in [0.2, 0.25) is 0 Å². The molecular formula is C4H7IO. The molecule has 36 valence electrons. The third-order valence-corrected chi connectivity index (χ3v) is 2.60. The maximum Gasteiger partial charge on any atom is 0.0469 e. The Morgan fingerprint density at radius 2 is 2.33 bits per heavy atom.